The van der Waals surface area contributed by atoms with Crippen LogP contribution in [0.25, 0.3) is 0 Å². The molecule has 1 aliphatic rings. The number of likely N-dealkylation sites (tertiary alicyclic amines) is 1. The third-order valence-corrected chi connectivity index (χ3v) is 4.45. The van der Waals surface area contributed by atoms with Crippen molar-refractivity contribution in [3.63, 3.8) is 0 Å². The molecular formula is C15H21N3O2S. The molecule has 0 aliphatic carbocycles. The molecule has 6 heteroatoms. The van der Waals surface area contributed by atoms with Gasteiger partial charge in [0.15, 0.2) is 0 Å². The third-order valence-electron chi connectivity index (χ3n) is 3.66. The van der Waals surface area contributed by atoms with Gasteiger partial charge in [-0.3, -0.25) is 14.5 Å². The van der Waals surface area contributed by atoms with Crippen molar-refractivity contribution < 1.29 is 9.59 Å². The van der Waals surface area contributed by atoms with Gasteiger partial charge in [-0.2, -0.15) is 0 Å². The molecule has 2 amide bonds. The Bertz CT molecular complexity index is 521. The highest BCUT2D eigenvalue weighted by Gasteiger charge is 2.25. The molecular weight excluding hydrogens is 286 g/mol. The highest BCUT2D eigenvalue weighted by molar-refractivity contribution is 7.98. The van der Waals surface area contributed by atoms with Crippen molar-refractivity contribution >= 4 is 29.3 Å². The first-order valence-corrected chi connectivity index (χ1v) is 8.27. The number of amides is 2. The van der Waals surface area contributed by atoms with Gasteiger partial charge < -0.3 is 11.1 Å². The van der Waals surface area contributed by atoms with Gasteiger partial charge >= 0.3 is 0 Å². The molecule has 1 saturated heterocycles. The fourth-order valence-corrected chi connectivity index (χ4v) is 3.13. The van der Waals surface area contributed by atoms with Crippen LogP contribution in [-0.2, 0) is 9.59 Å². The van der Waals surface area contributed by atoms with Crippen LogP contribution in [0.2, 0.25) is 0 Å². The predicted octanol–water partition coefficient (Wildman–Crippen LogP) is 1.54. The lowest BCUT2D eigenvalue weighted by Crippen LogP contribution is -2.44. The summed E-state index contributed by atoms with van der Waals surface area (Å²) in [5, 5.41) is 2.94. The Morgan fingerprint density at radius 2 is 2.19 bits per heavy atom. The van der Waals surface area contributed by atoms with Crippen LogP contribution >= 0.6 is 11.8 Å². The number of primary amides is 1. The fourth-order valence-electron chi connectivity index (χ4n) is 2.57. The normalized spacial score (nSPS) is 19.2. The molecule has 1 heterocycles. The van der Waals surface area contributed by atoms with Crippen molar-refractivity contribution in [2.24, 2.45) is 11.7 Å². The number of nitrogens with zero attached hydrogens (tertiary/aromatic N) is 1. The Kier molecular flexibility index (Phi) is 5.64. The lowest BCUT2D eigenvalue weighted by atomic mass is 9.97. The zero-order valence-corrected chi connectivity index (χ0v) is 13.0. The Balaban J connectivity index is 1.91. The summed E-state index contributed by atoms with van der Waals surface area (Å²) < 4.78 is 0. The van der Waals surface area contributed by atoms with Crippen LogP contribution in [0.3, 0.4) is 0 Å². The number of nitrogens with one attached hydrogen (secondary N) is 1. The largest absolute Gasteiger partial charge is 0.369 e. The maximum atomic E-state index is 12.1. The SMILES string of the molecule is CSc1ccccc1NC(=O)CN1CCC[C@H](C(N)=O)C1. The number of piperidine rings is 1. The molecule has 0 spiro atoms. The number of anilines is 1. The Labute approximate surface area is 129 Å². The summed E-state index contributed by atoms with van der Waals surface area (Å²) in [6.07, 6.45) is 3.71. The zero-order chi connectivity index (χ0) is 15.2. The van der Waals surface area contributed by atoms with Gasteiger partial charge in [0.25, 0.3) is 0 Å². The summed E-state index contributed by atoms with van der Waals surface area (Å²) in [6, 6.07) is 7.72. The molecule has 1 aromatic rings. The van der Waals surface area contributed by atoms with Gasteiger partial charge in [0.1, 0.15) is 0 Å². The van der Waals surface area contributed by atoms with Crippen LogP contribution in [0.15, 0.2) is 29.2 Å². The fraction of sp³-hybridized carbons (Fsp3) is 0.467. The quantitative estimate of drug-likeness (QED) is 0.809. The summed E-state index contributed by atoms with van der Waals surface area (Å²) in [5.41, 5.74) is 6.18. The first kappa shape index (κ1) is 15.9. The lowest BCUT2D eigenvalue weighted by Gasteiger charge is -2.30. The van der Waals surface area contributed by atoms with E-state index >= 15 is 0 Å². The number of carbonyl (C=O) groups excluding carboxylic acids is 2. The molecule has 0 bridgehead atoms. The van der Waals surface area contributed by atoms with Crippen molar-refractivity contribution in [1.29, 1.82) is 0 Å². The number of hydrogen-bond acceptors (Lipinski definition) is 4. The molecule has 1 fully saturated rings. The van der Waals surface area contributed by atoms with E-state index in [2.05, 4.69) is 5.32 Å². The molecule has 3 N–H and O–H groups in total. The number of benzene rings is 1. The molecule has 5 nitrogen and oxygen atoms in total. The van der Waals surface area contributed by atoms with Crippen LogP contribution in [0, 0.1) is 5.92 Å². The number of nitrogens with two attached hydrogens (primary N) is 1. The summed E-state index contributed by atoms with van der Waals surface area (Å²) >= 11 is 1.60. The second-order valence-electron chi connectivity index (χ2n) is 5.23. The van der Waals surface area contributed by atoms with Crippen molar-refractivity contribution in [3.05, 3.63) is 24.3 Å². The van der Waals surface area contributed by atoms with E-state index in [0.717, 1.165) is 30.0 Å². The van der Waals surface area contributed by atoms with Crippen LogP contribution in [0.4, 0.5) is 5.69 Å². The summed E-state index contributed by atoms with van der Waals surface area (Å²) in [5.74, 6) is -0.459. The number of rotatable bonds is 5. The molecule has 114 valence electrons. The average Bonchev–Trinajstić information content (AvgIpc) is 2.48. The Morgan fingerprint density at radius 1 is 1.43 bits per heavy atom. The molecule has 0 saturated carbocycles. The summed E-state index contributed by atoms with van der Waals surface area (Å²) in [6.45, 7) is 1.71. The van der Waals surface area contributed by atoms with Crippen molar-refractivity contribution in [1.82, 2.24) is 4.90 Å². The molecule has 0 aromatic heterocycles. The number of para-hydroxylation sites is 1. The van der Waals surface area contributed by atoms with Gasteiger partial charge in [-0.1, -0.05) is 12.1 Å². The maximum absolute atomic E-state index is 12.1. The number of thioether (sulfide) groups is 1. The molecule has 1 aliphatic heterocycles. The first-order chi connectivity index (χ1) is 10.1. The smallest absolute Gasteiger partial charge is 0.238 e. The van der Waals surface area contributed by atoms with Gasteiger partial charge in [-0.15, -0.1) is 11.8 Å². The van der Waals surface area contributed by atoms with Crippen LogP contribution < -0.4 is 11.1 Å². The minimum absolute atomic E-state index is 0.0541. The van der Waals surface area contributed by atoms with E-state index in [1.165, 1.54) is 0 Å². The summed E-state index contributed by atoms with van der Waals surface area (Å²) in [7, 11) is 0. The lowest BCUT2D eigenvalue weighted by molar-refractivity contribution is -0.125. The van der Waals surface area contributed by atoms with Crippen LogP contribution in [0.1, 0.15) is 12.8 Å². The van der Waals surface area contributed by atoms with E-state index in [1.807, 2.05) is 35.4 Å². The van der Waals surface area contributed by atoms with Crippen molar-refractivity contribution in [3.8, 4) is 0 Å². The summed E-state index contributed by atoms with van der Waals surface area (Å²) in [4.78, 5) is 26.4. The topological polar surface area (TPSA) is 75.4 Å². The van der Waals surface area contributed by atoms with E-state index < -0.39 is 0 Å². The predicted molar refractivity (Wildman–Crippen MR) is 85.2 cm³/mol. The molecule has 21 heavy (non-hydrogen) atoms. The van der Waals surface area contributed by atoms with Gasteiger partial charge in [0.2, 0.25) is 11.8 Å². The van der Waals surface area contributed by atoms with Crippen molar-refractivity contribution in [2.45, 2.75) is 17.7 Å². The van der Waals surface area contributed by atoms with E-state index in [-0.39, 0.29) is 17.7 Å². The average molecular weight is 307 g/mol. The molecule has 2 rings (SSSR count). The number of hydrogen-bond donors (Lipinski definition) is 2. The van der Waals surface area contributed by atoms with Crippen molar-refractivity contribution in [2.75, 3.05) is 31.2 Å². The maximum Gasteiger partial charge on any atom is 0.238 e. The van der Waals surface area contributed by atoms with Gasteiger partial charge in [0, 0.05) is 11.4 Å². The van der Waals surface area contributed by atoms with Gasteiger partial charge in [0.05, 0.1) is 18.2 Å². The van der Waals surface area contributed by atoms with Gasteiger partial charge in [-0.05, 0) is 37.8 Å². The minimum Gasteiger partial charge on any atom is -0.369 e. The van der Waals surface area contributed by atoms with Crippen LogP contribution in [0.5, 0.6) is 0 Å². The van der Waals surface area contributed by atoms with Crippen LogP contribution in [-0.4, -0.2) is 42.6 Å². The van der Waals surface area contributed by atoms with E-state index in [4.69, 9.17) is 5.73 Å². The molecule has 1 atom stereocenters. The second kappa shape index (κ2) is 7.47. The minimum atomic E-state index is -0.271. The zero-order valence-electron chi connectivity index (χ0n) is 12.2. The third kappa shape index (κ3) is 4.47. The second-order valence-corrected chi connectivity index (χ2v) is 6.07. The highest BCUT2D eigenvalue weighted by atomic mass is 32.2. The van der Waals surface area contributed by atoms with E-state index in [0.29, 0.717) is 13.1 Å². The standard InChI is InChI=1S/C15H21N3O2S/c1-21-13-7-3-2-6-12(13)17-14(19)10-18-8-4-5-11(9-18)15(16)20/h2-3,6-7,11H,4-5,8-10H2,1H3,(H2,16,20)(H,17,19)/t11-/m0/s1. The monoisotopic (exact) mass is 307 g/mol. The Morgan fingerprint density at radius 3 is 2.90 bits per heavy atom. The molecule has 0 radical (unpaired) electrons. The first-order valence-electron chi connectivity index (χ1n) is 7.04. The molecule has 1 aromatic carbocycles. The highest BCUT2D eigenvalue weighted by Crippen LogP contribution is 2.24. The Hall–Kier alpha value is -1.53. The molecule has 0 unspecified atom stereocenters. The van der Waals surface area contributed by atoms with Gasteiger partial charge in [-0.25, -0.2) is 0 Å². The number of carbonyl (C=O) groups is 2. The van der Waals surface area contributed by atoms with E-state index in [9.17, 15) is 9.59 Å². The van der Waals surface area contributed by atoms with E-state index in [1.54, 1.807) is 11.8 Å².